The third-order valence-corrected chi connectivity index (χ3v) is 7.85. The maximum absolute atomic E-state index is 13.3. The van der Waals surface area contributed by atoms with E-state index in [1.807, 2.05) is 10.6 Å². The molecular formula is C34H34FN5O4. The second-order valence-corrected chi connectivity index (χ2v) is 11.3. The molecule has 1 aromatic heterocycles. The fourth-order valence-corrected chi connectivity index (χ4v) is 5.19. The monoisotopic (exact) mass is 595 g/mol. The summed E-state index contributed by atoms with van der Waals surface area (Å²) < 4.78 is 21.5. The summed E-state index contributed by atoms with van der Waals surface area (Å²) in [6, 6.07) is 18.8. The molecule has 2 aliphatic rings. The second kappa shape index (κ2) is 13.1. The molecular weight excluding hydrogens is 561 g/mol. The predicted octanol–water partition coefficient (Wildman–Crippen LogP) is 4.85. The van der Waals surface area contributed by atoms with Crippen LogP contribution in [-0.4, -0.2) is 51.3 Å². The molecule has 1 saturated heterocycles. The van der Waals surface area contributed by atoms with Gasteiger partial charge in [-0.1, -0.05) is 18.2 Å². The van der Waals surface area contributed by atoms with Gasteiger partial charge in [-0.3, -0.25) is 14.4 Å². The summed E-state index contributed by atoms with van der Waals surface area (Å²) in [5.74, 6) is 0.459. The van der Waals surface area contributed by atoms with Crippen molar-refractivity contribution in [2.24, 2.45) is 0 Å². The molecule has 0 unspecified atom stereocenters. The SMILES string of the molecule is O=C(NCCc1cncn1Cc1ccc(F)cc1)c1ccc(CN2CCCC2=O)c(Oc2ccc(C(=O)NC3CC3)cc2)c1. The molecule has 6 rings (SSSR count). The molecule has 0 atom stereocenters. The minimum absolute atomic E-state index is 0.0995. The highest BCUT2D eigenvalue weighted by Crippen LogP contribution is 2.29. The van der Waals surface area contributed by atoms with Crippen molar-refractivity contribution in [3.8, 4) is 11.5 Å². The Balaban J connectivity index is 1.12. The lowest BCUT2D eigenvalue weighted by atomic mass is 10.1. The molecule has 226 valence electrons. The number of carbonyl (C=O) groups excluding carboxylic acids is 3. The van der Waals surface area contributed by atoms with Gasteiger partial charge in [-0.15, -0.1) is 0 Å². The van der Waals surface area contributed by atoms with Gasteiger partial charge in [-0.25, -0.2) is 9.37 Å². The van der Waals surface area contributed by atoms with Crippen molar-refractivity contribution in [3.05, 3.63) is 113 Å². The Labute approximate surface area is 255 Å². The van der Waals surface area contributed by atoms with E-state index < -0.39 is 0 Å². The maximum atomic E-state index is 13.3. The zero-order chi connectivity index (χ0) is 30.5. The van der Waals surface area contributed by atoms with E-state index in [0.717, 1.165) is 36.1 Å². The molecule has 4 aromatic rings. The highest BCUT2D eigenvalue weighted by molar-refractivity contribution is 5.95. The zero-order valence-electron chi connectivity index (χ0n) is 24.3. The number of amides is 3. The lowest BCUT2D eigenvalue weighted by Gasteiger charge is -2.19. The first-order chi connectivity index (χ1) is 21.4. The van der Waals surface area contributed by atoms with Crippen LogP contribution >= 0.6 is 0 Å². The van der Waals surface area contributed by atoms with Gasteiger partial charge in [0, 0.05) is 73.6 Å². The van der Waals surface area contributed by atoms with Crippen LogP contribution in [0.1, 0.15) is 63.2 Å². The third-order valence-electron chi connectivity index (χ3n) is 7.85. The summed E-state index contributed by atoms with van der Waals surface area (Å²) in [7, 11) is 0. The van der Waals surface area contributed by atoms with Crippen LogP contribution in [-0.2, 0) is 24.3 Å². The Morgan fingerprint density at radius 3 is 2.45 bits per heavy atom. The lowest BCUT2D eigenvalue weighted by Crippen LogP contribution is -2.27. The van der Waals surface area contributed by atoms with Crippen molar-refractivity contribution < 1.29 is 23.5 Å². The van der Waals surface area contributed by atoms with Crippen LogP contribution in [0.2, 0.25) is 0 Å². The van der Waals surface area contributed by atoms with Crippen molar-refractivity contribution in [2.45, 2.75) is 51.2 Å². The molecule has 1 aliphatic carbocycles. The van der Waals surface area contributed by atoms with Gasteiger partial charge in [0.25, 0.3) is 11.8 Å². The van der Waals surface area contributed by atoms with Gasteiger partial charge < -0.3 is 24.8 Å². The molecule has 2 N–H and O–H groups in total. The average molecular weight is 596 g/mol. The van der Waals surface area contributed by atoms with E-state index >= 15 is 0 Å². The van der Waals surface area contributed by atoms with Gasteiger partial charge in [-0.05, 0) is 73.4 Å². The zero-order valence-corrected chi connectivity index (χ0v) is 24.3. The van der Waals surface area contributed by atoms with E-state index in [1.165, 1.54) is 12.1 Å². The number of rotatable bonds is 12. The number of nitrogens with zero attached hydrogens (tertiary/aromatic N) is 3. The van der Waals surface area contributed by atoms with E-state index in [9.17, 15) is 18.8 Å². The van der Waals surface area contributed by atoms with Gasteiger partial charge in [-0.2, -0.15) is 0 Å². The average Bonchev–Trinajstić information content (AvgIpc) is 3.59. The Hall–Kier alpha value is -4.99. The minimum atomic E-state index is -0.278. The topological polar surface area (TPSA) is 106 Å². The first-order valence-corrected chi connectivity index (χ1v) is 14.9. The van der Waals surface area contributed by atoms with Gasteiger partial charge in [0.15, 0.2) is 0 Å². The fraction of sp³-hybridized carbons (Fsp3) is 0.294. The van der Waals surface area contributed by atoms with Crippen LogP contribution in [0.3, 0.4) is 0 Å². The Kier molecular flexibility index (Phi) is 8.67. The van der Waals surface area contributed by atoms with Crippen molar-refractivity contribution >= 4 is 17.7 Å². The van der Waals surface area contributed by atoms with E-state index in [-0.39, 0.29) is 29.6 Å². The molecule has 3 aromatic carbocycles. The molecule has 3 amide bonds. The van der Waals surface area contributed by atoms with Gasteiger partial charge in [0.2, 0.25) is 5.91 Å². The Morgan fingerprint density at radius 2 is 1.73 bits per heavy atom. The molecule has 0 bridgehead atoms. The second-order valence-electron chi connectivity index (χ2n) is 11.3. The van der Waals surface area contributed by atoms with Crippen molar-refractivity contribution in [1.29, 1.82) is 0 Å². The largest absolute Gasteiger partial charge is 0.457 e. The Bertz CT molecular complexity index is 1650. The van der Waals surface area contributed by atoms with Crippen molar-refractivity contribution in [3.63, 3.8) is 0 Å². The highest BCUT2D eigenvalue weighted by atomic mass is 19.1. The van der Waals surface area contributed by atoms with Crippen molar-refractivity contribution in [1.82, 2.24) is 25.1 Å². The molecule has 0 spiro atoms. The standard InChI is InChI=1S/C34H34FN5O4/c35-27-9-3-23(4-10-27)20-40-22-36-19-29(40)15-16-37-33(42)25-5-6-26(21-39-17-1-2-32(39)41)31(18-25)44-30-13-7-24(8-14-30)34(43)38-28-11-12-28/h3-10,13-14,18-19,22,28H,1-2,11-12,15-17,20-21H2,(H,37,42)(H,38,43). The number of carbonyl (C=O) groups is 3. The lowest BCUT2D eigenvalue weighted by molar-refractivity contribution is -0.128. The molecule has 10 heteroatoms. The fourth-order valence-electron chi connectivity index (χ4n) is 5.19. The molecule has 2 heterocycles. The molecule has 2 fully saturated rings. The van der Waals surface area contributed by atoms with Gasteiger partial charge in [0.1, 0.15) is 17.3 Å². The predicted molar refractivity (Wildman–Crippen MR) is 162 cm³/mol. The molecule has 9 nitrogen and oxygen atoms in total. The van der Waals surface area contributed by atoms with E-state index in [2.05, 4.69) is 15.6 Å². The molecule has 1 saturated carbocycles. The maximum Gasteiger partial charge on any atom is 0.251 e. The Morgan fingerprint density at radius 1 is 0.955 bits per heavy atom. The molecule has 1 aliphatic heterocycles. The summed E-state index contributed by atoms with van der Waals surface area (Å²) >= 11 is 0. The number of hydrogen-bond acceptors (Lipinski definition) is 5. The van der Waals surface area contributed by atoms with E-state index in [1.54, 1.807) is 66.0 Å². The van der Waals surface area contributed by atoms with E-state index in [4.69, 9.17) is 4.74 Å². The smallest absolute Gasteiger partial charge is 0.251 e. The normalized spacial score (nSPS) is 14.5. The summed E-state index contributed by atoms with van der Waals surface area (Å²) in [6.07, 6.45) is 7.43. The van der Waals surface area contributed by atoms with Gasteiger partial charge >= 0.3 is 0 Å². The summed E-state index contributed by atoms with van der Waals surface area (Å²) in [5, 5.41) is 5.95. The summed E-state index contributed by atoms with van der Waals surface area (Å²) in [6.45, 7) is 2.01. The quantitative estimate of drug-likeness (QED) is 0.244. The van der Waals surface area contributed by atoms with Crippen LogP contribution < -0.4 is 15.4 Å². The van der Waals surface area contributed by atoms with Gasteiger partial charge in [0.05, 0.1) is 6.33 Å². The number of hydrogen-bond donors (Lipinski definition) is 2. The summed E-state index contributed by atoms with van der Waals surface area (Å²) in [5.41, 5.74) is 3.67. The minimum Gasteiger partial charge on any atom is -0.457 e. The number of aromatic nitrogens is 2. The first kappa shape index (κ1) is 29.1. The van der Waals surface area contributed by atoms with Crippen LogP contribution in [0.4, 0.5) is 4.39 Å². The number of benzene rings is 3. The first-order valence-electron chi connectivity index (χ1n) is 14.9. The number of nitrogens with one attached hydrogen (secondary N) is 2. The number of imidazole rings is 1. The van der Waals surface area contributed by atoms with E-state index in [0.29, 0.717) is 61.6 Å². The number of likely N-dealkylation sites (tertiary alicyclic amines) is 1. The van der Waals surface area contributed by atoms with Crippen LogP contribution in [0.15, 0.2) is 79.3 Å². The number of halogens is 1. The van der Waals surface area contributed by atoms with Crippen molar-refractivity contribution in [2.75, 3.05) is 13.1 Å². The van der Waals surface area contributed by atoms with Crippen LogP contribution in [0.25, 0.3) is 0 Å². The third kappa shape index (κ3) is 7.31. The summed E-state index contributed by atoms with van der Waals surface area (Å²) in [4.78, 5) is 43.9. The highest BCUT2D eigenvalue weighted by Gasteiger charge is 2.24. The van der Waals surface area contributed by atoms with Crippen LogP contribution in [0, 0.1) is 5.82 Å². The molecule has 44 heavy (non-hydrogen) atoms. The van der Waals surface area contributed by atoms with Crippen LogP contribution in [0.5, 0.6) is 11.5 Å². The number of ether oxygens (including phenoxy) is 1. The molecule has 0 radical (unpaired) electrons.